The molecule has 0 fully saturated rings. The third-order valence-electron chi connectivity index (χ3n) is 3.69. The molecule has 0 aliphatic heterocycles. The molecule has 2 nitrogen and oxygen atoms in total. The number of allylic oxidation sites excluding steroid dienone is 12. The molecule has 0 heterocycles. The molecule has 0 saturated heterocycles. The molecule has 0 bridgehead atoms. The molecule has 0 radical (unpaired) electrons. The zero-order valence-electron chi connectivity index (χ0n) is 17.8. The first kappa shape index (κ1) is 25.7. The zero-order valence-corrected chi connectivity index (χ0v) is 17.8. The number of carbonyl (C=O) groups excluding carboxylic acids is 1. The van der Waals surface area contributed by atoms with Crippen molar-refractivity contribution in [1.82, 2.24) is 0 Å². The van der Waals surface area contributed by atoms with E-state index in [0.29, 0.717) is 12.2 Å². The predicted molar refractivity (Wildman–Crippen MR) is 123 cm³/mol. The number of unbranched alkanes of at least 4 members (excludes halogenated alkanes) is 1. The standard InChI is InChI=1S/C26H38O2/c1-4-5-6-7-8-9-10-11-12-13-14-15-16-17-18-19-20-21-22-23-24-28-26(27)25(2)3/h5-6,8-9,11-12,14-15,17-18,20-21H,2,4,7,10,13,16,19,22-24H2,1,3H3/b6-5-,9-8-,12-11-,15-14-,18-17-,21-20-. The van der Waals surface area contributed by atoms with Crippen LogP contribution < -0.4 is 0 Å². The molecule has 28 heavy (non-hydrogen) atoms. The summed E-state index contributed by atoms with van der Waals surface area (Å²) < 4.78 is 5.04. The quantitative estimate of drug-likeness (QED) is 0.119. The van der Waals surface area contributed by atoms with Gasteiger partial charge in [0.2, 0.25) is 0 Å². The minimum atomic E-state index is -0.303. The van der Waals surface area contributed by atoms with Crippen LogP contribution in [0.1, 0.15) is 65.2 Å². The zero-order chi connectivity index (χ0) is 20.7. The van der Waals surface area contributed by atoms with Crippen molar-refractivity contribution in [2.75, 3.05) is 6.61 Å². The van der Waals surface area contributed by atoms with E-state index in [-0.39, 0.29) is 5.97 Å². The summed E-state index contributed by atoms with van der Waals surface area (Å²) in [6.45, 7) is 7.82. The molecule has 0 aromatic carbocycles. The molecule has 0 unspecified atom stereocenters. The Balaban J connectivity index is 3.53. The van der Waals surface area contributed by atoms with Crippen molar-refractivity contribution in [3.05, 3.63) is 85.1 Å². The van der Waals surface area contributed by atoms with Crippen LogP contribution in [0.25, 0.3) is 0 Å². The predicted octanol–water partition coefficient (Wildman–Crippen LogP) is 7.58. The van der Waals surface area contributed by atoms with Crippen molar-refractivity contribution in [3.8, 4) is 0 Å². The van der Waals surface area contributed by atoms with Gasteiger partial charge in [0.15, 0.2) is 0 Å². The molecule has 0 saturated carbocycles. The first-order valence-corrected chi connectivity index (χ1v) is 10.4. The van der Waals surface area contributed by atoms with E-state index in [2.05, 4.69) is 86.4 Å². The Labute approximate surface area is 172 Å². The Morgan fingerprint density at radius 2 is 1.11 bits per heavy atom. The molecule has 0 rings (SSSR count). The van der Waals surface area contributed by atoms with E-state index in [1.54, 1.807) is 6.92 Å². The largest absolute Gasteiger partial charge is 0.462 e. The summed E-state index contributed by atoms with van der Waals surface area (Å²) in [5.41, 5.74) is 0.453. The van der Waals surface area contributed by atoms with Gasteiger partial charge in [-0.1, -0.05) is 86.4 Å². The van der Waals surface area contributed by atoms with Gasteiger partial charge >= 0.3 is 5.97 Å². The lowest BCUT2D eigenvalue weighted by atomic mass is 10.2. The SMILES string of the molecule is C=C(C)C(=O)OCCC/C=C\C/C=C\C/C=C\C/C=C\C/C=C\C/C=C\CC. The molecule has 0 aromatic heterocycles. The van der Waals surface area contributed by atoms with Crippen molar-refractivity contribution in [2.24, 2.45) is 0 Å². The van der Waals surface area contributed by atoms with Gasteiger partial charge in [0.05, 0.1) is 6.61 Å². The van der Waals surface area contributed by atoms with E-state index in [1.165, 1.54) is 0 Å². The van der Waals surface area contributed by atoms with Gasteiger partial charge < -0.3 is 4.74 Å². The number of esters is 1. The van der Waals surface area contributed by atoms with E-state index in [9.17, 15) is 4.79 Å². The van der Waals surface area contributed by atoms with Gasteiger partial charge in [0, 0.05) is 5.57 Å². The Hall–Kier alpha value is -2.35. The van der Waals surface area contributed by atoms with E-state index in [0.717, 1.165) is 51.4 Å². The molecular weight excluding hydrogens is 344 g/mol. The van der Waals surface area contributed by atoms with Crippen LogP contribution in [-0.4, -0.2) is 12.6 Å². The van der Waals surface area contributed by atoms with Crippen molar-refractivity contribution < 1.29 is 9.53 Å². The lowest BCUT2D eigenvalue weighted by molar-refractivity contribution is -0.139. The van der Waals surface area contributed by atoms with Gasteiger partial charge in [-0.3, -0.25) is 0 Å². The van der Waals surface area contributed by atoms with E-state index in [1.807, 2.05) is 0 Å². The third-order valence-corrected chi connectivity index (χ3v) is 3.69. The van der Waals surface area contributed by atoms with Crippen LogP contribution in [0.15, 0.2) is 85.1 Å². The summed E-state index contributed by atoms with van der Waals surface area (Å²) in [5.74, 6) is -0.303. The molecule has 0 aliphatic carbocycles. The van der Waals surface area contributed by atoms with Gasteiger partial charge in [-0.2, -0.15) is 0 Å². The first-order valence-electron chi connectivity index (χ1n) is 10.4. The summed E-state index contributed by atoms with van der Waals surface area (Å²) in [7, 11) is 0. The van der Waals surface area contributed by atoms with Gasteiger partial charge in [0.25, 0.3) is 0 Å². The lowest BCUT2D eigenvalue weighted by Gasteiger charge is -2.01. The second-order valence-electron chi connectivity index (χ2n) is 6.47. The molecule has 0 amide bonds. The summed E-state index contributed by atoms with van der Waals surface area (Å²) >= 11 is 0. The van der Waals surface area contributed by atoms with Crippen molar-refractivity contribution in [2.45, 2.75) is 65.2 Å². The topological polar surface area (TPSA) is 26.3 Å². The number of ether oxygens (including phenoxy) is 1. The molecule has 0 N–H and O–H groups in total. The third kappa shape index (κ3) is 20.0. The summed E-state index contributed by atoms with van der Waals surface area (Å²) in [6, 6.07) is 0. The Kier molecular flexibility index (Phi) is 19.2. The van der Waals surface area contributed by atoms with Gasteiger partial charge in [0.1, 0.15) is 0 Å². The number of carbonyl (C=O) groups is 1. The maximum Gasteiger partial charge on any atom is 0.333 e. The average Bonchev–Trinajstić information content (AvgIpc) is 2.68. The fourth-order valence-corrected chi connectivity index (χ4v) is 2.13. The summed E-state index contributed by atoms with van der Waals surface area (Å²) in [6.07, 6.45) is 34.1. The molecule has 154 valence electrons. The maximum absolute atomic E-state index is 11.2. The van der Waals surface area contributed by atoms with Crippen molar-refractivity contribution in [3.63, 3.8) is 0 Å². The monoisotopic (exact) mass is 382 g/mol. The van der Waals surface area contributed by atoms with Crippen molar-refractivity contribution in [1.29, 1.82) is 0 Å². The fraction of sp³-hybridized carbons (Fsp3) is 0.423. The van der Waals surface area contributed by atoms with Gasteiger partial charge in [-0.15, -0.1) is 0 Å². The number of rotatable bonds is 16. The van der Waals surface area contributed by atoms with Gasteiger partial charge in [-0.05, 0) is 58.3 Å². The smallest absolute Gasteiger partial charge is 0.333 e. The number of hydrogen-bond donors (Lipinski definition) is 0. The van der Waals surface area contributed by atoms with Crippen LogP contribution in [0.4, 0.5) is 0 Å². The highest BCUT2D eigenvalue weighted by Gasteiger charge is 2.00. The van der Waals surface area contributed by atoms with Crippen LogP contribution >= 0.6 is 0 Å². The van der Waals surface area contributed by atoms with E-state index < -0.39 is 0 Å². The van der Waals surface area contributed by atoms with Crippen LogP contribution in [-0.2, 0) is 9.53 Å². The highest BCUT2D eigenvalue weighted by Crippen LogP contribution is 1.99. The van der Waals surface area contributed by atoms with E-state index >= 15 is 0 Å². The second-order valence-corrected chi connectivity index (χ2v) is 6.47. The average molecular weight is 383 g/mol. The Morgan fingerprint density at radius 3 is 1.50 bits per heavy atom. The fourth-order valence-electron chi connectivity index (χ4n) is 2.13. The van der Waals surface area contributed by atoms with E-state index in [4.69, 9.17) is 4.74 Å². The lowest BCUT2D eigenvalue weighted by Crippen LogP contribution is -2.05. The summed E-state index contributed by atoms with van der Waals surface area (Å²) in [4.78, 5) is 11.2. The van der Waals surface area contributed by atoms with Crippen molar-refractivity contribution >= 4 is 5.97 Å². The number of hydrogen-bond acceptors (Lipinski definition) is 2. The minimum Gasteiger partial charge on any atom is -0.462 e. The van der Waals surface area contributed by atoms with Crippen LogP contribution in [0.5, 0.6) is 0 Å². The molecule has 0 spiro atoms. The minimum absolute atomic E-state index is 0.303. The first-order chi connectivity index (χ1) is 13.7. The Morgan fingerprint density at radius 1 is 0.714 bits per heavy atom. The highest BCUT2D eigenvalue weighted by molar-refractivity contribution is 5.86. The normalized spacial score (nSPS) is 12.6. The molecule has 0 aromatic rings. The maximum atomic E-state index is 11.2. The van der Waals surface area contributed by atoms with Crippen LogP contribution in [0.2, 0.25) is 0 Å². The Bertz CT molecular complexity index is 571. The van der Waals surface area contributed by atoms with Crippen LogP contribution in [0.3, 0.4) is 0 Å². The van der Waals surface area contributed by atoms with Gasteiger partial charge in [-0.25, -0.2) is 4.79 Å². The molecule has 2 heteroatoms. The molecule has 0 aliphatic rings. The van der Waals surface area contributed by atoms with Crippen LogP contribution in [0, 0.1) is 0 Å². The second kappa shape index (κ2) is 21.0. The molecule has 0 atom stereocenters. The summed E-state index contributed by atoms with van der Waals surface area (Å²) in [5, 5.41) is 0. The highest BCUT2D eigenvalue weighted by atomic mass is 16.5. The molecular formula is C26H38O2.